The summed E-state index contributed by atoms with van der Waals surface area (Å²) in [7, 11) is 2.22. The number of likely N-dealkylation sites (tertiary alicyclic amines) is 1. The Balaban J connectivity index is 1.66. The molecule has 0 spiro atoms. The molecule has 2 heterocycles. The second-order valence-electron chi connectivity index (χ2n) is 6.08. The zero-order valence-electron chi connectivity index (χ0n) is 12.6. The SMILES string of the molecule is CSC1(CN)CCN(CCN2CCN(C)CC2)CC1. The lowest BCUT2D eigenvalue weighted by atomic mass is 9.96. The molecule has 19 heavy (non-hydrogen) atoms. The Hall–Kier alpha value is 0.190. The highest BCUT2D eigenvalue weighted by Gasteiger charge is 2.32. The summed E-state index contributed by atoms with van der Waals surface area (Å²) in [6.45, 7) is 10.7. The Morgan fingerprint density at radius 3 is 1.95 bits per heavy atom. The van der Waals surface area contributed by atoms with Crippen LogP contribution in [0.5, 0.6) is 0 Å². The zero-order valence-corrected chi connectivity index (χ0v) is 13.4. The Labute approximate surface area is 122 Å². The van der Waals surface area contributed by atoms with Gasteiger partial charge >= 0.3 is 0 Å². The molecule has 2 aliphatic rings. The van der Waals surface area contributed by atoms with E-state index in [4.69, 9.17) is 5.73 Å². The predicted octanol–water partition coefficient (Wildman–Crippen LogP) is 0.390. The third kappa shape index (κ3) is 4.33. The first-order valence-electron chi connectivity index (χ1n) is 7.56. The number of likely N-dealkylation sites (N-methyl/N-ethyl adjacent to an activating group) is 1. The Kier molecular flexibility index (Phi) is 5.96. The van der Waals surface area contributed by atoms with E-state index in [1.807, 2.05) is 11.8 Å². The number of hydrogen-bond donors (Lipinski definition) is 1. The average Bonchev–Trinajstić information content (AvgIpc) is 2.47. The number of rotatable bonds is 5. The van der Waals surface area contributed by atoms with Crippen molar-refractivity contribution < 1.29 is 0 Å². The minimum absolute atomic E-state index is 0.365. The molecule has 2 aliphatic heterocycles. The molecule has 0 bridgehead atoms. The van der Waals surface area contributed by atoms with E-state index >= 15 is 0 Å². The molecule has 5 heteroatoms. The minimum Gasteiger partial charge on any atom is -0.329 e. The van der Waals surface area contributed by atoms with Crippen molar-refractivity contribution in [2.24, 2.45) is 5.73 Å². The summed E-state index contributed by atoms with van der Waals surface area (Å²) < 4.78 is 0.365. The van der Waals surface area contributed by atoms with Gasteiger partial charge in [0.2, 0.25) is 0 Å². The molecule has 0 aromatic rings. The van der Waals surface area contributed by atoms with Gasteiger partial charge in [0.05, 0.1) is 0 Å². The fourth-order valence-corrected chi connectivity index (χ4v) is 3.79. The second kappa shape index (κ2) is 7.27. The first-order valence-corrected chi connectivity index (χ1v) is 8.78. The summed E-state index contributed by atoms with van der Waals surface area (Å²) in [5.41, 5.74) is 5.95. The number of piperazine rings is 1. The third-order valence-electron chi connectivity index (χ3n) is 4.90. The van der Waals surface area contributed by atoms with Crippen molar-refractivity contribution in [3.05, 3.63) is 0 Å². The van der Waals surface area contributed by atoms with Crippen LogP contribution < -0.4 is 5.73 Å². The van der Waals surface area contributed by atoms with Gasteiger partial charge in [-0.25, -0.2) is 0 Å². The number of nitrogens with zero attached hydrogens (tertiary/aromatic N) is 3. The van der Waals surface area contributed by atoms with E-state index in [9.17, 15) is 0 Å². The molecule has 112 valence electrons. The summed E-state index contributed by atoms with van der Waals surface area (Å²) >= 11 is 1.97. The van der Waals surface area contributed by atoms with Gasteiger partial charge in [-0.2, -0.15) is 11.8 Å². The zero-order chi connectivity index (χ0) is 13.7. The standard InChI is InChI=1S/C14H30N4S/c1-16-7-9-18(10-8-16)12-11-17-5-3-14(13-15,19-2)4-6-17/h3-13,15H2,1-2H3. The first-order chi connectivity index (χ1) is 9.17. The predicted molar refractivity (Wildman–Crippen MR) is 84.9 cm³/mol. The van der Waals surface area contributed by atoms with E-state index in [0.29, 0.717) is 4.75 Å². The van der Waals surface area contributed by atoms with E-state index < -0.39 is 0 Å². The lowest BCUT2D eigenvalue weighted by Gasteiger charge is -2.41. The largest absolute Gasteiger partial charge is 0.329 e. The quantitative estimate of drug-likeness (QED) is 0.791. The van der Waals surface area contributed by atoms with Crippen molar-refractivity contribution in [3.63, 3.8) is 0 Å². The minimum atomic E-state index is 0.365. The van der Waals surface area contributed by atoms with E-state index in [0.717, 1.165) is 6.54 Å². The molecular weight excluding hydrogens is 256 g/mol. The van der Waals surface area contributed by atoms with Crippen LogP contribution in [0.1, 0.15) is 12.8 Å². The Morgan fingerprint density at radius 2 is 1.47 bits per heavy atom. The highest BCUT2D eigenvalue weighted by Crippen LogP contribution is 2.33. The Bertz CT molecular complexity index is 252. The van der Waals surface area contributed by atoms with E-state index in [1.54, 1.807) is 0 Å². The average molecular weight is 286 g/mol. The van der Waals surface area contributed by atoms with Gasteiger partial charge in [-0.15, -0.1) is 0 Å². The lowest BCUT2D eigenvalue weighted by Crippen LogP contribution is -2.50. The molecule has 0 aliphatic carbocycles. The lowest BCUT2D eigenvalue weighted by molar-refractivity contribution is 0.124. The topological polar surface area (TPSA) is 35.7 Å². The van der Waals surface area contributed by atoms with Crippen LogP contribution in [0.3, 0.4) is 0 Å². The van der Waals surface area contributed by atoms with Gasteiger partial charge in [-0.1, -0.05) is 0 Å². The van der Waals surface area contributed by atoms with Crippen molar-refractivity contribution in [1.29, 1.82) is 0 Å². The molecule has 0 aromatic carbocycles. The van der Waals surface area contributed by atoms with Crippen LogP contribution in [-0.2, 0) is 0 Å². The van der Waals surface area contributed by atoms with E-state index in [-0.39, 0.29) is 0 Å². The van der Waals surface area contributed by atoms with Crippen molar-refractivity contribution in [3.8, 4) is 0 Å². The third-order valence-corrected chi connectivity index (χ3v) is 6.34. The highest BCUT2D eigenvalue weighted by molar-refractivity contribution is 8.00. The van der Waals surface area contributed by atoms with Gasteiger partial charge in [0.15, 0.2) is 0 Å². The normalized spacial score (nSPS) is 26.7. The molecule has 0 unspecified atom stereocenters. The van der Waals surface area contributed by atoms with Gasteiger partial charge in [-0.3, -0.25) is 4.90 Å². The van der Waals surface area contributed by atoms with Crippen LogP contribution in [0.25, 0.3) is 0 Å². The van der Waals surface area contributed by atoms with Crippen LogP contribution in [0.2, 0.25) is 0 Å². The van der Waals surface area contributed by atoms with E-state index in [2.05, 4.69) is 28.0 Å². The molecule has 0 radical (unpaired) electrons. The maximum atomic E-state index is 5.95. The van der Waals surface area contributed by atoms with Crippen molar-refractivity contribution >= 4 is 11.8 Å². The fraction of sp³-hybridized carbons (Fsp3) is 1.00. The van der Waals surface area contributed by atoms with Crippen molar-refractivity contribution in [2.75, 3.05) is 72.2 Å². The number of thioether (sulfide) groups is 1. The van der Waals surface area contributed by atoms with Gasteiger partial charge < -0.3 is 15.5 Å². The molecule has 2 saturated heterocycles. The maximum absolute atomic E-state index is 5.95. The van der Waals surface area contributed by atoms with Crippen LogP contribution >= 0.6 is 11.8 Å². The monoisotopic (exact) mass is 286 g/mol. The van der Waals surface area contributed by atoms with Gasteiger partial charge in [0.25, 0.3) is 0 Å². The van der Waals surface area contributed by atoms with Crippen LogP contribution in [0, 0.1) is 0 Å². The summed E-state index contributed by atoms with van der Waals surface area (Å²) in [5.74, 6) is 0. The van der Waals surface area contributed by atoms with Gasteiger partial charge in [-0.05, 0) is 39.2 Å². The molecule has 2 rings (SSSR count). The molecule has 4 nitrogen and oxygen atoms in total. The molecule has 2 fully saturated rings. The Morgan fingerprint density at radius 1 is 0.947 bits per heavy atom. The summed E-state index contributed by atoms with van der Waals surface area (Å²) in [6.07, 6.45) is 4.73. The molecular formula is C14H30N4S. The summed E-state index contributed by atoms with van der Waals surface area (Å²) in [5, 5.41) is 0. The first kappa shape index (κ1) is 15.6. The highest BCUT2D eigenvalue weighted by atomic mass is 32.2. The van der Waals surface area contributed by atoms with Gasteiger partial charge in [0, 0.05) is 50.6 Å². The number of piperidine rings is 1. The molecule has 0 aromatic heterocycles. The van der Waals surface area contributed by atoms with Crippen molar-refractivity contribution in [1.82, 2.24) is 14.7 Å². The fourth-order valence-electron chi connectivity index (χ4n) is 3.03. The van der Waals surface area contributed by atoms with Crippen molar-refractivity contribution in [2.45, 2.75) is 17.6 Å². The summed E-state index contributed by atoms with van der Waals surface area (Å²) in [6, 6.07) is 0. The van der Waals surface area contributed by atoms with Crippen LogP contribution in [0.4, 0.5) is 0 Å². The van der Waals surface area contributed by atoms with Crippen LogP contribution in [-0.4, -0.2) is 91.7 Å². The maximum Gasteiger partial charge on any atom is 0.0303 e. The second-order valence-corrected chi connectivity index (χ2v) is 7.35. The molecule has 0 amide bonds. The van der Waals surface area contributed by atoms with Crippen LogP contribution in [0.15, 0.2) is 0 Å². The van der Waals surface area contributed by atoms with E-state index in [1.165, 1.54) is 65.2 Å². The smallest absolute Gasteiger partial charge is 0.0303 e. The molecule has 0 atom stereocenters. The molecule has 2 N–H and O–H groups in total. The van der Waals surface area contributed by atoms with Gasteiger partial charge in [0.1, 0.15) is 0 Å². The summed E-state index contributed by atoms with van der Waals surface area (Å²) in [4.78, 5) is 7.66. The number of hydrogen-bond acceptors (Lipinski definition) is 5. The number of nitrogens with two attached hydrogens (primary N) is 1. The molecule has 0 saturated carbocycles.